The van der Waals surface area contributed by atoms with E-state index >= 15 is 0 Å². The van der Waals surface area contributed by atoms with Crippen LogP contribution in [0.3, 0.4) is 0 Å². The molecule has 112 valence electrons. The molecule has 1 aliphatic carbocycles. The highest BCUT2D eigenvalue weighted by molar-refractivity contribution is 9.10. The molecule has 20 heavy (non-hydrogen) atoms. The van der Waals surface area contributed by atoms with Crippen molar-refractivity contribution in [3.8, 4) is 0 Å². The van der Waals surface area contributed by atoms with Crippen LogP contribution >= 0.6 is 15.9 Å². The third-order valence-corrected chi connectivity index (χ3v) is 4.66. The predicted octanol–water partition coefficient (Wildman–Crippen LogP) is 3.07. The fourth-order valence-corrected chi connectivity index (χ4v) is 3.42. The molecule has 2 unspecified atom stereocenters. The Balaban J connectivity index is 2.23. The number of rotatable bonds is 7. The Labute approximate surface area is 130 Å². The largest absolute Gasteiger partial charge is 0.396 e. The highest BCUT2D eigenvalue weighted by Gasteiger charge is 2.32. The zero-order valence-electron chi connectivity index (χ0n) is 12.1. The molecule has 2 atom stereocenters. The molecule has 0 spiro atoms. The first-order valence-electron chi connectivity index (χ1n) is 7.51. The average molecular weight is 341 g/mol. The van der Waals surface area contributed by atoms with Crippen LogP contribution in [0.15, 0.2) is 28.7 Å². The van der Waals surface area contributed by atoms with Crippen molar-refractivity contribution >= 4 is 15.9 Å². The quantitative estimate of drug-likeness (QED) is 0.801. The normalized spacial score (nSPS) is 18.9. The van der Waals surface area contributed by atoms with E-state index in [0.29, 0.717) is 6.04 Å². The number of halogens is 1. The van der Waals surface area contributed by atoms with E-state index in [1.165, 1.54) is 24.8 Å². The molecule has 0 bridgehead atoms. The fourth-order valence-electron chi connectivity index (χ4n) is 3.01. The van der Waals surface area contributed by atoms with Gasteiger partial charge in [-0.1, -0.05) is 34.5 Å². The Morgan fingerprint density at radius 3 is 2.70 bits per heavy atom. The van der Waals surface area contributed by atoms with E-state index in [1.54, 1.807) is 0 Å². The van der Waals surface area contributed by atoms with Gasteiger partial charge in [-0.15, -0.1) is 0 Å². The molecule has 1 aliphatic rings. The molecule has 0 radical (unpaired) electrons. The monoisotopic (exact) mass is 340 g/mol. The Kier molecular flexibility index (Phi) is 6.02. The van der Waals surface area contributed by atoms with Crippen molar-refractivity contribution in [2.24, 2.45) is 5.73 Å². The maximum atomic E-state index is 9.16. The summed E-state index contributed by atoms with van der Waals surface area (Å²) < 4.78 is 1.09. The summed E-state index contributed by atoms with van der Waals surface area (Å²) in [5, 5.41) is 9.16. The number of nitrogens with zero attached hydrogens (tertiary/aromatic N) is 1. The van der Waals surface area contributed by atoms with Crippen LogP contribution in [0.1, 0.15) is 44.2 Å². The second-order valence-corrected chi connectivity index (χ2v) is 6.67. The first-order chi connectivity index (χ1) is 9.63. The zero-order valence-corrected chi connectivity index (χ0v) is 13.7. The van der Waals surface area contributed by atoms with E-state index in [-0.39, 0.29) is 18.7 Å². The van der Waals surface area contributed by atoms with Crippen molar-refractivity contribution in [1.82, 2.24) is 4.90 Å². The maximum Gasteiger partial charge on any atom is 0.0499 e. The molecule has 2 rings (SSSR count). The molecule has 1 saturated carbocycles. The molecule has 0 aliphatic heterocycles. The number of hydrogen-bond donors (Lipinski definition) is 2. The summed E-state index contributed by atoms with van der Waals surface area (Å²) in [5.74, 6) is 0. The summed E-state index contributed by atoms with van der Waals surface area (Å²) in [6.45, 7) is 3.24. The summed E-state index contributed by atoms with van der Waals surface area (Å²) in [7, 11) is 0. The van der Waals surface area contributed by atoms with Crippen LogP contribution in [0.25, 0.3) is 0 Å². The van der Waals surface area contributed by atoms with Gasteiger partial charge in [-0.2, -0.15) is 0 Å². The number of nitrogens with two attached hydrogens (primary N) is 1. The van der Waals surface area contributed by atoms with Gasteiger partial charge in [-0.25, -0.2) is 0 Å². The second-order valence-electron chi connectivity index (χ2n) is 5.76. The SMILES string of the molecule is CC(N)C(c1cccc(Br)c1)N(CCCO)C1CCC1. The first kappa shape index (κ1) is 16.0. The maximum absolute atomic E-state index is 9.16. The van der Waals surface area contributed by atoms with Crippen molar-refractivity contribution in [2.45, 2.75) is 50.7 Å². The molecule has 0 aromatic heterocycles. The summed E-state index contributed by atoms with van der Waals surface area (Å²) in [6, 6.07) is 9.36. The van der Waals surface area contributed by atoms with Crippen LogP contribution in [0.5, 0.6) is 0 Å². The molecule has 4 heteroatoms. The minimum Gasteiger partial charge on any atom is -0.396 e. The van der Waals surface area contributed by atoms with Gasteiger partial charge in [0.25, 0.3) is 0 Å². The van der Waals surface area contributed by atoms with Gasteiger partial charge in [0.05, 0.1) is 0 Å². The number of benzene rings is 1. The zero-order chi connectivity index (χ0) is 14.5. The van der Waals surface area contributed by atoms with Crippen molar-refractivity contribution in [3.63, 3.8) is 0 Å². The minimum absolute atomic E-state index is 0.0728. The van der Waals surface area contributed by atoms with Gasteiger partial charge in [0.15, 0.2) is 0 Å². The highest BCUT2D eigenvalue weighted by Crippen LogP contribution is 2.34. The van der Waals surface area contributed by atoms with E-state index in [9.17, 15) is 0 Å². The van der Waals surface area contributed by atoms with Crippen molar-refractivity contribution in [2.75, 3.05) is 13.2 Å². The van der Waals surface area contributed by atoms with E-state index in [4.69, 9.17) is 10.8 Å². The van der Waals surface area contributed by atoms with Crippen LogP contribution in [-0.4, -0.2) is 35.2 Å². The Bertz CT molecular complexity index is 421. The summed E-state index contributed by atoms with van der Waals surface area (Å²) in [4.78, 5) is 2.51. The molecular weight excluding hydrogens is 316 g/mol. The smallest absolute Gasteiger partial charge is 0.0499 e. The lowest BCUT2D eigenvalue weighted by atomic mass is 9.87. The first-order valence-corrected chi connectivity index (χ1v) is 8.30. The van der Waals surface area contributed by atoms with Crippen LogP contribution in [0, 0.1) is 0 Å². The summed E-state index contributed by atoms with van der Waals surface area (Å²) >= 11 is 3.55. The van der Waals surface area contributed by atoms with Crippen molar-refractivity contribution in [3.05, 3.63) is 34.3 Å². The van der Waals surface area contributed by atoms with Gasteiger partial charge in [0.2, 0.25) is 0 Å². The molecule has 3 nitrogen and oxygen atoms in total. The van der Waals surface area contributed by atoms with E-state index in [2.05, 4.69) is 46.0 Å². The molecule has 0 saturated heterocycles. The van der Waals surface area contributed by atoms with Crippen LogP contribution < -0.4 is 5.73 Å². The van der Waals surface area contributed by atoms with Gasteiger partial charge in [0, 0.05) is 35.7 Å². The lowest BCUT2D eigenvalue weighted by molar-refractivity contribution is 0.0613. The lowest BCUT2D eigenvalue weighted by Crippen LogP contribution is -2.48. The molecular formula is C16H25BrN2O. The van der Waals surface area contributed by atoms with Crippen LogP contribution in [0.2, 0.25) is 0 Å². The minimum atomic E-state index is 0.0728. The van der Waals surface area contributed by atoms with Gasteiger partial charge in [-0.05, 0) is 43.9 Å². The van der Waals surface area contributed by atoms with Gasteiger partial charge in [-0.3, -0.25) is 4.90 Å². The Hall–Kier alpha value is -0.420. The Morgan fingerprint density at radius 2 is 2.20 bits per heavy atom. The lowest BCUT2D eigenvalue weighted by Gasteiger charge is -2.44. The average Bonchev–Trinajstić information content (AvgIpc) is 2.33. The highest BCUT2D eigenvalue weighted by atomic mass is 79.9. The molecule has 1 aromatic carbocycles. The topological polar surface area (TPSA) is 49.5 Å². The third-order valence-electron chi connectivity index (χ3n) is 4.16. The number of aliphatic hydroxyl groups excluding tert-OH is 1. The molecule has 1 fully saturated rings. The van der Waals surface area contributed by atoms with Gasteiger partial charge < -0.3 is 10.8 Å². The second kappa shape index (κ2) is 7.55. The van der Waals surface area contributed by atoms with Crippen LogP contribution in [-0.2, 0) is 0 Å². The van der Waals surface area contributed by atoms with E-state index in [1.807, 2.05) is 6.07 Å². The van der Waals surface area contributed by atoms with Crippen molar-refractivity contribution in [1.29, 1.82) is 0 Å². The molecule has 0 heterocycles. The number of hydrogen-bond acceptors (Lipinski definition) is 3. The fraction of sp³-hybridized carbons (Fsp3) is 0.625. The molecule has 3 N–H and O–H groups in total. The predicted molar refractivity (Wildman–Crippen MR) is 86.6 cm³/mol. The van der Waals surface area contributed by atoms with Crippen molar-refractivity contribution < 1.29 is 5.11 Å². The summed E-state index contributed by atoms with van der Waals surface area (Å²) in [6.07, 6.45) is 4.63. The summed E-state index contributed by atoms with van der Waals surface area (Å²) in [5.41, 5.74) is 7.55. The Morgan fingerprint density at radius 1 is 1.45 bits per heavy atom. The van der Waals surface area contributed by atoms with Crippen LogP contribution in [0.4, 0.5) is 0 Å². The van der Waals surface area contributed by atoms with Gasteiger partial charge >= 0.3 is 0 Å². The van der Waals surface area contributed by atoms with E-state index in [0.717, 1.165) is 17.4 Å². The van der Waals surface area contributed by atoms with E-state index < -0.39 is 0 Å². The standard InChI is InChI=1S/C16H25BrN2O/c1-12(18)16(13-5-2-6-14(17)11-13)19(9-4-10-20)15-7-3-8-15/h2,5-6,11-12,15-16,20H,3-4,7-10,18H2,1H3. The third kappa shape index (κ3) is 3.82. The number of aliphatic hydroxyl groups is 1. The molecule has 0 amide bonds. The molecule has 1 aromatic rings. The van der Waals surface area contributed by atoms with Gasteiger partial charge in [0.1, 0.15) is 0 Å².